The van der Waals surface area contributed by atoms with Crippen LogP contribution in [0.5, 0.6) is 0 Å². The number of hydrogen-bond acceptors (Lipinski definition) is 5. The molecule has 5 rings (SSSR count). The molecule has 6 nitrogen and oxygen atoms in total. The van der Waals surface area contributed by atoms with Crippen LogP contribution in [0.25, 0.3) is 22.2 Å². The number of aliphatic hydroxyl groups is 1. The molecular formula is C22H25N5O. The van der Waals surface area contributed by atoms with E-state index in [1.165, 1.54) is 37.6 Å². The number of aromatic nitrogens is 3. The third-order valence-electron chi connectivity index (χ3n) is 5.84. The van der Waals surface area contributed by atoms with Crippen molar-refractivity contribution in [2.24, 2.45) is 4.99 Å². The molecule has 0 saturated heterocycles. The lowest BCUT2D eigenvalue weighted by molar-refractivity contribution is 0.311. The molecule has 2 aliphatic rings. The Bertz CT molecular complexity index is 1030. The zero-order valence-corrected chi connectivity index (χ0v) is 15.9. The van der Waals surface area contributed by atoms with Crippen LogP contribution in [0.2, 0.25) is 0 Å². The molecule has 2 aromatic heterocycles. The van der Waals surface area contributed by atoms with E-state index in [1.807, 2.05) is 18.6 Å². The summed E-state index contributed by atoms with van der Waals surface area (Å²) in [4.78, 5) is 13.9. The van der Waals surface area contributed by atoms with Crippen LogP contribution in [0, 0.1) is 0 Å². The lowest BCUT2D eigenvalue weighted by Crippen LogP contribution is -2.11. The minimum atomic E-state index is 0.0785. The van der Waals surface area contributed by atoms with Gasteiger partial charge in [0.05, 0.1) is 35.3 Å². The van der Waals surface area contributed by atoms with Crippen molar-refractivity contribution in [3.8, 4) is 11.1 Å². The highest BCUT2D eigenvalue weighted by molar-refractivity contribution is 5.90. The fraction of sp³-hybridized carbons (Fsp3) is 0.409. The number of fused-ring (bicyclic) bond motifs is 2. The maximum Gasteiger partial charge on any atom is 0.127 e. The van der Waals surface area contributed by atoms with Crippen LogP contribution in [0.15, 0.2) is 35.6 Å². The maximum atomic E-state index is 9.11. The Balaban J connectivity index is 1.54. The monoisotopic (exact) mass is 375 g/mol. The Morgan fingerprint density at radius 2 is 2.04 bits per heavy atom. The van der Waals surface area contributed by atoms with Crippen molar-refractivity contribution in [3.05, 3.63) is 36.3 Å². The average molecular weight is 375 g/mol. The number of aliphatic imine (C=N–C) groups is 1. The first kappa shape index (κ1) is 17.4. The van der Waals surface area contributed by atoms with Gasteiger partial charge in [-0.2, -0.15) is 0 Å². The molecule has 0 unspecified atom stereocenters. The number of imidazole rings is 1. The molecule has 2 N–H and O–H groups in total. The first-order chi connectivity index (χ1) is 13.8. The predicted molar refractivity (Wildman–Crippen MR) is 113 cm³/mol. The van der Waals surface area contributed by atoms with Gasteiger partial charge in [-0.05, 0) is 36.6 Å². The second-order valence-electron chi connectivity index (χ2n) is 7.66. The van der Waals surface area contributed by atoms with E-state index in [0.717, 1.165) is 40.3 Å². The van der Waals surface area contributed by atoms with E-state index in [4.69, 9.17) is 10.1 Å². The molecule has 0 amide bonds. The number of anilines is 1. The minimum absolute atomic E-state index is 0.0785. The van der Waals surface area contributed by atoms with Crippen molar-refractivity contribution in [1.82, 2.24) is 14.5 Å². The average Bonchev–Trinajstić information content (AvgIpc) is 3.38. The molecule has 1 fully saturated rings. The van der Waals surface area contributed by atoms with Crippen LogP contribution in [0.4, 0.5) is 11.5 Å². The van der Waals surface area contributed by atoms with E-state index in [9.17, 15) is 0 Å². The van der Waals surface area contributed by atoms with Crippen LogP contribution in [0.1, 0.15) is 43.8 Å². The van der Waals surface area contributed by atoms with E-state index < -0.39 is 0 Å². The molecule has 1 aromatic carbocycles. The SMILES string of the molecule is OCCNc1cc(-c2ccc3c(c2)ncn3C2CCCCC2)c2c(n1)CC=N2. The lowest BCUT2D eigenvalue weighted by atomic mass is 9.95. The number of hydrogen-bond donors (Lipinski definition) is 2. The van der Waals surface area contributed by atoms with Gasteiger partial charge in [0.1, 0.15) is 5.82 Å². The van der Waals surface area contributed by atoms with Crippen molar-refractivity contribution in [2.45, 2.75) is 44.6 Å². The zero-order valence-electron chi connectivity index (χ0n) is 15.9. The van der Waals surface area contributed by atoms with E-state index in [0.29, 0.717) is 12.6 Å². The van der Waals surface area contributed by atoms with Crippen LogP contribution in [-0.2, 0) is 6.42 Å². The molecule has 0 spiro atoms. The molecule has 28 heavy (non-hydrogen) atoms. The third-order valence-corrected chi connectivity index (χ3v) is 5.84. The van der Waals surface area contributed by atoms with Crippen molar-refractivity contribution in [3.63, 3.8) is 0 Å². The number of pyridine rings is 1. The van der Waals surface area contributed by atoms with E-state index in [2.05, 4.69) is 38.1 Å². The Kier molecular flexibility index (Phi) is 4.56. The van der Waals surface area contributed by atoms with Gasteiger partial charge in [0.2, 0.25) is 0 Å². The lowest BCUT2D eigenvalue weighted by Gasteiger charge is -2.23. The Morgan fingerprint density at radius 1 is 1.14 bits per heavy atom. The van der Waals surface area contributed by atoms with Crippen molar-refractivity contribution < 1.29 is 5.11 Å². The van der Waals surface area contributed by atoms with E-state index in [1.54, 1.807) is 0 Å². The molecule has 1 aliphatic heterocycles. The van der Waals surface area contributed by atoms with Gasteiger partial charge >= 0.3 is 0 Å². The number of rotatable bonds is 5. The normalized spacial score (nSPS) is 16.6. The molecule has 0 radical (unpaired) electrons. The maximum absolute atomic E-state index is 9.11. The van der Waals surface area contributed by atoms with Crippen molar-refractivity contribution >= 4 is 28.8 Å². The summed E-state index contributed by atoms with van der Waals surface area (Å²) in [5.74, 6) is 0.779. The summed E-state index contributed by atoms with van der Waals surface area (Å²) < 4.78 is 2.36. The smallest absolute Gasteiger partial charge is 0.127 e. The standard InChI is InChI=1S/C22H25N5O/c28-11-10-23-21-13-17(22-18(26-21)8-9-24-22)15-6-7-20-19(12-15)25-14-27(20)16-4-2-1-3-5-16/h6-7,9,12-14,16,28H,1-5,8,10-11H2,(H,23,26). The molecule has 144 valence electrons. The highest BCUT2D eigenvalue weighted by Gasteiger charge is 2.20. The van der Waals surface area contributed by atoms with Crippen molar-refractivity contribution in [1.29, 1.82) is 0 Å². The molecule has 1 saturated carbocycles. The number of nitrogens with one attached hydrogen (secondary N) is 1. The summed E-state index contributed by atoms with van der Waals surface area (Å²) >= 11 is 0. The molecule has 0 bridgehead atoms. The number of nitrogens with zero attached hydrogens (tertiary/aromatic N) is 4. The summed E-state index contributed by atoms with van der Waals surface area (Å²) in [7, 11) is 0. The molecule has 1 aliphatic carbocycles. The molecule has 3 heterocycles. The van der Waals surface area contributed by atoms with Gasteiger partial charge in [0, 0.05) is 30.8 Å². The largest absolute Gasteiger partial charge is 0.395 e. The van der Waals surface area contributed by atoms with E-state index in [-0.39, 0.29) is 6.61 Å². The summed E-state index contributed by atoms with van der Waals surface area (Å²) in [6.07, 6.45) is 11.1. The Morgan fingerprint density at radius 3 is 2.89 bits per heavy atom. The summed E-state index contributed by atoms with van der Waals surface area (Å²) in [6, 6.07) is 9.12. The first-order valence-electron chi connectivity index (χ1n) is 10.2. The topological polar surface area (TPSA) is 75.3 Å². The second kappa shape index (κ2) is 7.36. The fourth-order valence-electron chi connectivity index (χ4n) is 4.45. The van der Waals surface area contributed by atoms with Crippen LogP contribution in [0.3, 0.4) is 0 Å². The fourth-order valence-corrected chi connectivity index (χ4v) is 4.45. The number of aliphatic hydroxyl groups excluding tert-OH is 1. The van der Waals surface area contributed by atoms with Crippen LogP contribution in [-0.4, -0.2) is 39.0 Å². The van der Waals surface area contributed by atoms with Crippen LogP contribution < -0.4 is 5.32 Å². The van der Waals surface area contributed by atoms with Crippen LogP contribution >= 0.6 is 0 Å². The quantitative estimate of drug-likeness (QED) is 0.698. The van der Waals surface area contributed by atoms with E-state index >= 15 is 0 Å². The van der Waals surface area contributed by atoms with Gasteiger partial charge < -0.3 is 15.0 Å². The second-order valence-corrected chi connectivity index (χ2v) is 7.66. The van der Waals surface area contributed by atoms with Gasteiger partial charge in [-0.15, -0.1) is 0 Å². The summed E-state index contributed by atoms with van der Waals surface area (Å²) in [5, 5.41) is 12.3. The van der Waals surface area contributed by atoms with Gasteiger partial charge in [-0.1, -0.05) is 25.3 Å². The predicted octanol–water partition coefficient (Wildman–Crippen LogP) is 4.27. The van der Waals surface area contributed by atoms with Gasteiger partial charge in [0.15, 0.2) is 0 Å². The third kappa shape index (κ3) is 3.07. The molecular weight excluding hydrogens is 350 g/mol. The summed E-state index contributed by atoms with van der Waals surface area (Å²) in [5.41, 5.74) is 6.33. The van der Waals surface area contributed by atoms with Gasteiger partial charge in [-0.25, -0.2) is 9.97 Å². The molecule has 0 atom stereocenters. The van der Waals surface area contributed by atoms with Gasteiger partial charge in [0.25, 0.3) is 0 Å². The number of benzene rings is 1. The van der Waals surface area contributed by atoms with Gasteiger partial charge in [-0.3, -0.25) is 4.99 Å². The molecule has 3 aromatic rings. The first-order valence-corrected chi connectivity index (χ1v) is 10.2. The minimum Gasteiger partial charge on any atom is -0.395 e. The van der Waals surface area contributed by atoms with Crippen molar-refractivity contribution in [2.75, 3.05) is 18.5 Å². The summed E-state index contributed by atoms with van der Waals surface area (Å²) in [6.45, 7) is 0.562. The molecule has 6 heteroatoms. The highest BCUT2D eigenvalue weighted by atomic mass is 16.3. The Labute approximate surface area is 164 Å². The highest BCUT2D eigenvalue weighted by Crippen LogP contribution is 2.38. The Hall–Kier alpha value is -2.73. The zero-order chi connectivity index (χ0) is 18.9.